The molecule has 0 fully saturated rings. The summed E-state index contributed by atoms with van der Waals surface area (Å²) < 4.78 is 31.1. The Hall–Kier alpha value is -2.18. The largest absolute Gasteiger partial charge is 0.452 e. The molecule has 0 saturated heterocycles. The van der Waals surface area contributed by atoms with Crippen molar-refractivity contribution < 1.29 is 23.1 Å². The second-order valence-corrected chi connectivity index (χ2v) is 5.22. The van der Waals surface area contributed by atoms with Crippen molar-refractivity contribution in [1.29, 1.82) is 0 Å². The molecule has 0 aliphatic heterocycles. The molecule has 0 saturated carbocycles. The summed E-state index contributed by atoms with van der Waals surface area (Å²) in [4.78, 5) is 23.2. The molecule has 7 heteroatoms. The van der Waals surface area contributed by atoms with Crippen molar-refractivity contribution >= 4 is 17.6 Å². The van der Waals surface area contributed by atoms with E-state index in [2.05, 4.69) is 10.1 Å². The summed E-state index contributed by atoms with van der Waals surface area (Å²) in [6.07, 6.45) is 0.690. The minimum absolute atomic E-state index is 0.375. The van der Waals surface area contributed by atoms with Crippen LogP contribution in [0.2, 0.25) is 0 Å². The van der Waals surface area contributed by atoms with E-state index < -0.39 is 41.2 Å². The highest BCUT2D eigenvalue weighted by Gasteiger charge is 2.21. The van der Waals surface area contributed by atoms with Gasteiger partial charge in [0.15, 0.2) is 6.61 Å². The van der Waals surface area contributed by atoms with Crippen LogP contribution in [0, 0.1) is 11.6 Å². The Balaban J connectivity index is 2.67. The van der Waals surface area contributed by atoms with Crippen molar-refractivity contribution in [3.8, 4) is 0 Å². The van der Waals surface area contributed by atoms with Crippen LogP contribution in [0.4, 0.5) is 14.5 Å². The molecule has 0 aliphatic carbocycles. The van der Waals surface area contributed by atoms with E-state index in [0.717, 1.165) is 6.07 Å². The van der Waals surface area contributed by atoms with Crippen molar-refractivity contribution in [3.05, 3.63) is 29.3 Å². The minimum Gasteiger partial charge on any atom is -0.452 e. The maximum absolute atomic E-state index is 13.4. The SMILES string of the molecule is CCC(C)(C)NC(=O)COC(=O)c1cc(N)c(F)cc1F. The van der Waals surface area contributed by atoms with Gasteiger partial charge in [-0.25, -0.2) is 13.6 Å². The van der Waals surface area contributed by atoms with E-state index in [9.17, 15) is 18.4 Å². The summed E-state index contributed by atoms with van der Waals surface area (Å²) in [5.41, 5.74) is 3.93. The topological polar surface area (TPSA) is 81.4 Å². The van der Waals surface area contributed by atoms with Gasteiger partial charge in [-0.3, -0.25) is 4.79 Å². The highest BCUT2D eigenvalue weighted by atomic mass is 19.1. The van der Waals surface area contributed by atoms with Gasteiger partial charge < -0.3 is 15.8 Å². The van der Waals surface area contributed by atoms with Gasteiger partial charge in [-0.2, -0.15) is 0 Å². The molecule has 1 aromatic carbocycles. The Morgan fingerprint density at radius 1 is 1.29 bits per heavy atom. The Bertz CT molecular complexity index is 559. The molecular weight excluding hydrogens is 282 g/mol. The van der Waals surface area contributed by atoms with E-state index in [-0.39, 0.29) is 5.69 Å². The lowest BCUT2D eigenvalue weighted by atomic mass is 10.0. The first kappa shape index (κ1) is 16.9. The Morgan fingerprint density at radius 3 is 2.48 bits per heavy atom. The number of carbonyl (C=O) groups is 2. The quantitative estimate of drug-likeness (QED) is 0.644. The zero-order chi connectivity index (χ0) is 16.2. The minimum atomic E-state index is -1.10. The monoisotopic (exact) mass is 300 g/mol. The van der Waals surface area contributed by atoms with Crippen LogP contribution in [0.5, 0.6) is 0 Å². The van der Waals surface area contributed by atoms with E-state index >= 15 is 0 Å². The van der Waals surface area contributed by atoms with Crippen LogP contribution < -0.4 is 11.1 Å². The van der Waals surface area contributed by atoms with Crippen LogP contribution >= 0.6 is 0 Å². The highest BCUT2D eigenvalue weighted by Crippen LogP contribution is 2.17. The fourth-order valence-corrected chi connectivity index (χ4v) is 1.43. The molecule has 1 aromatic rings. The third-order valence-electron chi connectivity index (χ3n) is 3.00. The predicted octanol–water partition coefficient (Wildman–Crippen LogP) is 2.01. The van der Waals surface area contributed by atoms with Crippen LogP contribution in [0.3, 0.4) is 0 Å². The molecule has 21 heavy (non-hydrogen) atoms. The number of ether oxygens (including phenoxy) is 1. The third kappa shape index (κ3) is 4.70. The molecule has 0 atom stereocenters. The number of amides is 1. The van der Waals surface area contributed by atoms with Gasteiger partial charge in [0.1, 0.15) is 11.6 Å². The smallest absolute Gasteiger partial charge is 0.341 e. The maximum atomic E-state index is 13.4. The Kier molecular flexibility index (Phi) is 5.23. The summed E-state index contributed by atoms with van der Waals surface area (Å²) >= 11 is 0. The van der Waals surface area contributed by atoms with Crippen molar-refractivity contribution in [2.45, 2.75) is 32.7 Å². The van der Waals surface area contributed by atoms with Crippen LogP contribution in [-0.4, -0.2) is 24.0 Å². The molecule has 0 bridgehead atoms. The van der Waals surface area contributed by atoms with E-state index in [1.54, 1.807) is 0 Å². The molecule has 0 radical (unpaired) electrons. The average molecular weight is 300 g/mol. The van der Waals surface area contributed by atoms with Gasteiger partial charge in [-0.05, 0) is 26.3 Å². The maximum Gasteiger partial charge on any atom is 0.341 e. The molecule has 0 spiro atoms. The van der Waals surface area contributed by atoms with Gasteiger partial charge in [0.25, 0.3) is 5.91 Å². The molecule has 1 amide bonds. The van der Waals surface area contributed by atoms with Crippen LogP contribution in [0.25, 0.3) is 0 Å². The third-order valence-corrected chi connectivity index (χ3v) is 3.00. The number of halogens is 2. The fourth-order valence-electron chi connectivity index (χ4n) is 1.43. The lowest BCUT2D eigenvalue weighted by Crippen LogP contribution is -2.44. The molecule has 3 N–H and O–H groups in total. The number of nitrogens with two attached hydrogens (primary N) is 1. The van der Waals surface area contributed by atoms with Gasteiger partial charge in [0.05, 0.1) is 11.3 Å². The predicted molar refractivity (Wildman–Crippen MR) is 73.6 cm³/mol. The highest BCUT2D eigenvalue weighted by molar-refractivity contribution is 5.92. The van der Waals surface area contributed by atoms with Gasteiger partial charge in [-0.1, -0.05) is 6.92 Å². The number of rotatable bonds is 5. The summed E-state index contributed by atoms with van der Waals surface area (Å²) in [5, 5.41) is 2.65. The van der Waals surface area contributed by atoms with Gasteiger partial charge in [0.2, 0.25) is 0 Å². The molecule has 5 nitrogen and oxygen atoms in total. The second kappa shape index (κ2) is 6.51. The van der Waals surface area contributed by atoms with Crippen molar-refractivity contribution in [3.63, 3.8) is 0 Å². The molecule has 0 unspecified atom stereocenters. The number of carbonyl (C=O) groups excluding carboxylic acids is 2. The van der Waals surface area contributed by atoms with Crippen molar-refractivity contribution in [2.75, 3.05) is 12.3 Å². The first-order chi connectivity index (χ1) is 9.66. The van der Waals surface area contributed by atoms with Gasteiger partial charge in [0, 0.05) is 11.6 Å². The lowest BCUT2D eigenvalue weighted by Gasteiger charge is -2.24. The number of hydrogen-bond donors (Lipinski definition) is 2. The Morgan fingerprint density at radius 2 is 1.90 bits per heavy atom. The number of nitrogens with one attached hydrogen (secondary N) is 1. The Labute approximate surface area is 121 Å². The first-order valence-electron chi connectivity index (χ1n) is 6.39. The molecule has 0 heterocycles. The fraction of sp³-hybridized carbons (Fsp3) is 0.429. The van der Waals surface area contributed by atoms with E-state index in [0.29, 0.717) is 12.5 Å². The van der Waals surface area contributed by atoms with Crippen molar-refractivity contribution in [2.24, 2.45) is 0 Å². The molecule has 0 aromatic heterocycles. The summed E-state index contributed by atoms with van der Waals surface area (Å²) in [6.45, 7) is 4.96. The van der Waals surface area contributed by atoms with Gasteiger partial charge >= 0.3 is 5.97 Å². The van der Waals surface area contributed by atoms with E-state index in [1.165, 1.54) is 0 Å². The average Bonchev–Trinajstić information content (AvgIpc) is 2.39. The van der Waals surface area contributed by atoms with Gasteiger partial charge in [-0.15, -0.1) is 0 Å². The number of hydrogen-bond acceptors (Lipinski definition) is 4. The van der Waals surface area contributed by atoms with Crippen LogP contribution in [-0.2, 0) is 9.53 Å². The normalized spacial score (nSPS) is 11.1. The van der Waals surface area contributed by atoms with Crippen molar-refractivity contribution in [1.82, 2.24) is 5.32 Å². The number of anilines is 1. The number of nitrogen functional groups attached to an aromatic ring is 1. The summed E-state index contributed by atoms with van der Waals surface area (Å²) in [5.74, 6) is -3.65. The van der Waals surface area contributed by atoms with Crippen LogP contribution in [0.1, 0.15) is 37.6 Å². The number of esters is 1. The number of benzene rings is 1. The molecule has 116 valence electrons. The van der Waals surface area contributed by atoms with E-state index in [1.807, 2.05) is 20.8 Å². The standard InChI is InChI=1S/C14H18F2N2O3/c1-4-14(2,3)18-12(19)7-21-13(20)8-5-11(17)10(16)6-9(8)15/h5-6H,4,7,17H2,1-3H3,(H,18,19). The second-order valence-electron chi connectivity index (χ2n) is 5.22. The zero-order valence-corrected chi connectivity index (χ0v) is 12.1. The van der Waals surface area contributed by atoms with E-state index in [4.69, 9.17) is 5.73 Å². The molecular formula is C14H18F2N2O3. The molecule has 0 aliphatic rings. The molecule has 1 rings (SSSR count). The summed E-state index contributed by atoms with van der Waals surface area (Å²) in [6, 6.07) is 1.33. The van der Waals surface area contributed by atoms with Crippen LogP contribution in [0.15, 0.2) is 12.1 Å². The lowest BCUT2D eigenvalue weighted by molar-refractivity contribution is -0.125. The summed E-state index contributed by atoms with van der Waals surface area (Å²) in [7, 11) is 0. The zero-order valence-electron chi connectivity index (χ0n) is 12.1. The first-order valence-corrected chi connectivity index (χ1v) is 6.39.